The Bertz CT molecular complexity index is 1280. The molecule has 0 N–H and O–H groups in total. The smallest absolute Gasteiger partial charge is 0.416 e. The Hall–Kier alpha value is -4.27. The minimum absolute atomic E-state index is 0.0608. The molecule has 0 spiro atoms. The van der Waals surface area contributed by atoms with Crippen molar-refractivity contribution in [2.24, 2.45) is 0 Å². The molecule has 9 heteroatoms. The Morgan fingerprint density at radius 2 is 1.48 bits per heavy atom. The van der Waals surface area contributed by atoms with Crippen LogP contribution in [0.1, 0.15) is 47.0 Å². The zero-order chi connectivity index (χ0) is 23.8. The second-order valence-corrected chi connectivity index (χ2v) is 7.12. The van der Waals surface area contributed by atoms with Crippen LogP contribution >= 0.6 is 0 Å². The summed E-state index contributed by atoms with van der Waals surface area (Å²) in [5.74, 6) is -3.00. The molecule has 0 radical (unpaired) electrons. The number of fused-ring (bicyclic) bond motifs is 1. The molecular weight excluding hydrogens is 439 g/mol. The van der Waals surface area contributed by atoms with E-state index in [1.165, 1.54) is 18.2 Å². The quantitative estimate of drug-likeness (QED) is 0.322. The van der Waals surface area contributed by atoms with E-state index in [2.05, 4.69) is 0 Å². The van der Waals surface area contributed by atoms with Crippen LogP contribution in [0.25, 0.3) is 0 Å². The molecule has 3 aromatic rings. The number of hydrogen-bond acceptors (Lipinski definition) is 5. The number of benzene rings is 3. The van der Waals surface area contributed by atoms with E-state index in [0.717, 1.165) is 18.2 Å². The van der Waals surface area contributed by atoms with Crippen LogP contribution < -0.4 is 4.90 Å². The van der Waals surface area contributed by atoms with Crippen molar-refractivity contribution < 1.29 is 37.1 Å². The van der Waals surface area contributed by atoms with Crippen LogP contribution in [0.15, 0.2) is 72.8 Å². The number of hydrogen-bond donors (Lipinski definition) is 0. The summed E-state index contributed by atoms with van der Waals surface area (Å²) in [5.41, 5.74) is -1.19. The van der Waals surface area contributed by atoms with Gasteiger partial charge in [0.05, 0.1) is 27.9 Å². The van der Waals surface area contributed by atoms with Gasteiger partial charge in [-0.05, 0) is 36.4 Å². The molecule has 0 aliphatic carbocycles. The maximum atomic E-state index is 13.0. The number of rotatable bonds is 5. The maximum Gasteiger partial charge on any atom is 0.416 e. The van der Waals surface area contributed by atoms with Crippen molar-refractivity contribution in [2.75, 3.05) is 11.5 Å². The SMILES string of the molecule is O=C(COC(=O)c1ccc2c(c1)C(=O)N(c1cccc(C(F)(F)F)c1)C2=O)c1ccccc1. The van der Waals surface area contributed by atoms with Crippen molar-refractivity contribution in [2.45, 2.75) is 6.18 Å². The van der Waals surface area contributed by atoms with Gasteiger partial charge in [-0.3, -0.25) is 14.4 Å². The zero-order valence-electron chi connectivity index (χ0n) is 16.8. The predicted molar refractivity (Wildman–Crippen MR) is 110 cm³/mol. The molecule has 1 aliphatic heterocycles. The van der Waals surface area contributed by atoms with E-state index >= 15 is 0 Å². The molecule has 4 rings (SSSR count). The Morgan fingerprint density at radius 3 is 2.18 bits per heavy atom. The van der Waals surface area contributed by atoms with Crippen LogP contribution in [0.2, 0.25) is 0 Å². The normalized spacial score (nSPS) is 13.1. The number of Topliss-reactive ketones (excluding diaryl/α,β-unsaturated/α-hetero) is 1. The fourth-order valence-electron chi connectivity index (χ4n) is 3.35. The largest absolute Gasteiger partial charge is 0.454 e. The van der Waals surface area contributed by atoms with Gasteiger partial charge in [0, 0.05) is 5.56 Å². The highest BCUT2D eigenvalue weighted by Crippen LogP contribution is 2.34. The van der Waals surface area contributed by atoms with Gasteiger partial charge in [-0.15, -0.1) is 0 Å². The summed E-state index contributed by atoms with van der Waals surface area (Å²) in [6, 6.07) is 15.6. The molecule has 33 heavy (non-hydrogen) atoms. The van der Waals surface area contributed by atoms with E-state index in [0.29, 0.717) is 16.5 Å². The first-order valence-electron chi connectivity index (χ1n) is 9.62. The summed E-state index contributed by atoms with van der Waals surface area (Å²) in [6.45, 7) is -0.525. The fraction of sp³-hybridized carbons (Fsp3) is 0.0833. The third-order valence-corrected chi connectivity index (χ3v) is 4.98. The number of nitrogens with zero attached hydrogens (tertiary/aromatic N) is 1. The van der Waals surface area contributed by atoms with Crippen molar-refractivity contribution in [3.05, 3.63) is 101 Å². The van der Waals surface area contributed by atoms with Crippen molar-refractivity contribution in [1.29, 1.82) is 0 Å². The highest BCUT2D eigenvalue weighted by atomic mass is 19.4. The van der Waals surface area contributed by atoms with E-state index in [1.807, 2.05) is 0 Å². The summed E-state index contributed by atoms with van der Waals surface area (Å²) in [6.07, 6.45) is -4.65. The zero-order valence-corrected chi connectivity index (χ0v) is 16.8. The number of halogens is 3. The number of amides is 2. The van der Waals surface area contributed by atoms with Crippen LogP contribution in [0.5, 0.6) is 0 Å². The van der Waals surface area contributed by atoms with E-state index < -0.39 is 41.9 Å². The first-order valence-corrected chi connectivity index (χ1v) is 9.62. The number of esters is 1. The summed E-state index contributed by atoms with van der Waals surface area (Å²) >= 11 is 0. The number of carbonyl (C=O) groups excluding carboxylic acids is 4. The van der Waals surface area contributed by atoms with Gasteiger partial charge in [0.2, 0.25) is 0 Å². The standard InChI is InChI=1S/C24H14F3NO5/c25-24(26,27)16-7-4-8-17(12-16)28-21(30)18-10-9-15(11-19(18)22(28)31)23(32)33-13-20(29)14-5-2-1-3-6-14/h1-12H,13H2. The van der Waals surface area contributed by atoms with Gasteiger partial charge in [0.25, 0.3) is 11.8 Å². The maximum absolute atomic E-state index is 13.0. The molecule has 1 heterocycles. The Morgan fingerprint density at radius 1 is 0.788 bits per heavy atom. The summed E-state index contributed by atoms with van der Waals surface area (Å²) < 4.78 is 44.1. The lowest BCUT2D eigenvalue weighted by Crippen LogP contribution is -2.29. The van der Waals surface area contributed by atoms with Gasteiger partial charge in [0.15, 0.2) is 12.4 Å². The van der Waals surface area contributed by atoms with Gasteiger partial charge in [-0.2, -0.15) is 13.2 Å². The molecule has 0 unspecified atom stereocenters. The van der Waals surface area contributed by atoms with Crippen molar-refractivity contribution >= 4 is 29.3 Å². The van der Waals surface area contributed by atoms with E-state index in [-0.39, 0.29) is 22.4 Å². The average molecular weight is 453 g/mol. The molecule has 0 atom stereocenters. The number of alkyl halides is 3. The summed E-state index contributed by atoms with van der Waals surface area (Å²) in [5, 5.41) is 0. The second kappa shape index (κ2) is 8.34. The fourth-order valence-corrected chi connectivity index (χ4v) is 3.35. The topological polar surface area (TPSA) is 80.8 Å². The summed E-state index contributed by atoms with van der Waals surface area (Å²) in [7, 11) is 0. The van der Waals surface area contributed by atoms with Crippen LogP contribution in [-0.2, 0) is 10.9 Å². The van der Waals surface area contributed by atoms with Crippen molar-refractivity contribution in [1.82, 2.24) is 0 Å². The monoisotopic (exact) mass is 453 g/mol. The van der Waals surface area contributed by atoms with Crippen LogP contribution in [0.4, 0.5) is 18.9 Å². The van der Waals surface area contributed by atoms with E-state index in [4.69, 9.17) is 4.74 Å². The molecular formula is C24H14F3NO5. The molecule has 3 aromatic carbocycles. The van der Waals surface area contributed by atoms with Gasteiger partial charge >= 0.3 is 12.1 Å². The first kappa shape index (κ1) is 21.9. The highest BCUT2D eigenvalue weighted by Gasteiger charge is 2.39. The van der Waals surface area contributed by atoms with Crippen LogP contribution in [0.3, 0.4) is 0 Å². The number of ether oxygens (including phenoxy) is 1. The molecule has 166 valence electrons. The van der Waals surface area contributed by atoms with E-state index in [9.17, 15) is 32.3 Å². The van der Waals surface area contributed by atoms with E-state index in [1.54, 1.807) is 30.3 Å². The minimum atomic E-state index is -4.65. The highest BCUT2D eigenvalue weighted by molar-refractivity contribution is 6.34. The molecule has 0 saturated heterocycles. The minimum Gasteiger partial charge on any atom is -0.454 e. The second-order valence-electron chi connectivity index (χ2n) is 7.12. The molecule has 0 aromatic heterocycles. The lowest BCUT2D eigenvalue weighted by molar-refractivity contribution is -0.137. The van der Waals surface area contributed by atoms with Gasteiger partial charge in [-0.1, -0.05) is 36.4 Å². The number of carbonyl (C=O) groups is 4. The molecule has 0 bridgehead atoms. The van der Waals surface area contributed by atoms with Crippen LogP contribution in [0, 0.1) is 0 Å². The predicted octanol–water partition coefficient (Wildman–Crippen LogP) is 4.55. The van der Waals surface area contributed by atoms with Crippen molar-refractivity contribution in [3.63, 3.8) is 0 Å². The third-order valence-electron chi connectivity index (χ3n) is 4.98. The first-order chi connectivity index (χ1) is 15.7. The number of ketones is 1. The molecule has 1 aliphatic rings. The summed E-state index contributed by atoms with van der Waals surface area (Å²) in [4.78, 5) is 50.6. The average Bonchev–Trinajstić information content (AvgIpc) is 3.06. The van der Waals surface area contributed by atoms with Crippen molar-refractivity contribution in [3.8, 4) is 0 Å². The lowest BCUT2D eigenvalue weighted by Gasteiger charge is -2.16. The van der Waals surface area contributed by atoms with Gasteiger partial charge in [-0.25, -0.2) is 9.69 Å². The van der Waals surface area contributed by atoms with Crippen LogP contribution in [-0.4, -0.2) is 30.2 Å². The van der Waals surface area contributed by atoms with Gasteiger partial charge in [0.1, 0.15) is 0 Å². The number of anilines is 1. The molecule has 6 nitrogen and oxygen atoms in total. The lowest BCUT2D eigenvalue weighted by atomic mass is 10.1. The Kier molecular flexibility index (Phi) is 5.55. The third kappa shape index (κ3) is 4.25. The van der Waals surface area contributed by atoms with Gasteiger partial charge < -0.3 is 4.74 Å². The molecule has 2 amide bonds. The molecule has 0 fully saturated rings. The Balaban J connectivity index is 1.54. The number of imide groups is 1. The Labute approximate surface area is 185 Å². The molecule has 0 saturated carbocycles.